The second kappa shape index (κ2) is 7.23. The summed E-state index contributed by atoms with van der Waals surface area (Å²) in [7, 11) is 3.93. The molecule has 0 heterocycles. The molecule has 0 aromatic carbocycles. The van der Waals surface area contributed by atoms with Gasteiger partial charge in [0.25, 0.3) is 0 Å². The second-order valence-corrected chi connectivity index (χ2v) is 6.17. The van der Waals surface area contributed by atoms with Gasteiger partial charge in [-0.2, -0.15) is 0 Å². The summed E-state index contributed by atoms with van der Waals surface area (Å²) < 4.78 is 11.2. The van der Waals surface area contributed by atoms with Gasteiger partial charge in [0.15, 0.2) is 0 Å². The monoisotopic (exact) mass is 274 g/mol. The summed E-state index contributed by atoms with van der Waals surface area (Å²) in [5.74, 6) is 0. The van der Waals surface area contributed by atoms with Crippen LogP contribution in [-0.2, 0) is 0 Å². The van der Waals surface area contributed by atoms with Gasteiger partial charge in [0, 0.05) is 0 Å². The third kappa shape index (κ3) is 5.80. The minimum atomic E-state index is -1.52. The van der Waals surface area contributed by atoms with Crippen molar-refractivity contribution in [3.63, 3.8) is 0 Å². The van der Waals surface area contributed by atoms with E-state index in [4.69, 9.17) is 3.95 Å². The molecule has 4 N–H and O–H groups in total. The van der Waals surface area contributed by atoms with Crippen LogP contribution < -0.4 is 13.0 Å². The molecule has 0 bridgehead atoms. The first-order valence-electron chi connectivity index (χ1n) is 3.80. The molecule has 5 heteroatoms. The quantitative estimate of drug-likeness (QED) is 0.378. The van der Waals surface area contributed by atoms with Gasteiger partial charge in [-0.15, -0.1) is 0 Å². The van der Waals surface area contributed by atoms with Crippen LogP contribution in [0.3, 0.4) is 0 Å². The number of nitrogens with one attached hydrogen (secondary N) is 2. The molecule has 0 aliphatic heterocycles. The number of rotatable bonds is 6. The van der Waals surface area contributed by atoms with E-state index >= 15 is 0 Å². The second-order valence-electron chi connectivity index (χ2n) is 2.32. The van der Waals surface area contributed by atoms with Gasteiger partial charge in [-0.25, -0.2) is 0 Å². The van der Waals surface area contributed by atoms with Crippen molar-refractivity contribution in [1.29, 1.82) is 0 Å². The van der Waals surface area contributed by atoms with Crippen LogP contribution in [0, 0.1) is 0 Å². The third-order valence-corrected chi connectivity index (χ3v) is 4.67. The van der Waals surface area contributed by atoms with Crippen LogP contribution >= 0.6 is 20.6 Å². The maximum absolute atomic E-state index is 5.88. The SMILES string of the molecule is CCCCN(C)I(N)NNC. The van der Waals surface area contributed by atoms with E-state index in [-0.39, 0.29) is 0 Å². The molecule has 0 aromatic rings. The molecule has 0 radical (unpaired) electrons. The topological polar surface area (TPSA) is 53.3 Å². The standard InChI is InChI=1S/C6H19IN4/c1-4-5-6-11(3)7(8)10-9-2/h9-10H,4-6,8H2,1-3H3. The van der Waals surface area contributed by atoms with Crippen LogP contribution in [0.4, 0.5) is 0 Å². The van der Waals surface area contributed by atoms with E-state index in [1.807, 2.05) is 7.05 Å². The molecule has 0 saturated heterocycles. The van der Waals surface area contributed by atoms with E-state index < -0.39 is 20.6 Å². The molecule has 4 nitrogen and oxygen atoms in total. The van der Waals surface area contributed by atoms with Gasteiger partial charge in [0.05, 0.1) is 0 Å². The van der Waals surface area contributed by atoms with Crippen molar-refractivity contribution in [1.82, 2.24) is 12.2 Å². The molecule has 70 valence electrons. The molecule has 0 aromatic heterocycles. The first-order valence-corrected chi connectivity index (χ1v) is 7.09. The van der Waals surface area contributed by atoms with Crippen LogP contribution in [0.2, 0.25) is 0 Å². The predicted octanol–water partition coefficient (Wildman–Crippen LogP) is 0.652. The summed E-state index contributed by atoms with van der Waals surface area (Å²) in [5, 5.41) is 0. The first kappa shape index (κ1) is 11.6. The van der Waals surface area contributed by atoms with Gasteiger partial charge in [0.1, 0.15) is 0 Å². The summed E-state index contributed by atoms with van der Waals surface area (Å²) in [5.41, 5.74) is 2.88. The molecule has 0 spiro atoms. The Hall–Kier alpha value is 0.570. The number of hydrazine groups is 1. The molecule has 0 amide bonds. The van der Waals surface area contributed by atoms with E-state index in [1.165, 1.54) is 12.8 Å². The number of nitrogens with zero attached hydrogens (tertiary/aromatic N) is 1. The maximum atomic E-state index is 5.88. The third-order valence-electron chi connectivity index (χ3n) is 1.32. The molecular formula is C6H19IN4. The Kier molecular flexibility index (Phi) is 7.61. The fourth-order valence-corrected chi connectivity index (χ4v) is 2.46. The van der Waals surface area contributed by atoms with E-state index in [9.17, 15) is 0 Å². The average Bonchev–Trinajstić information content (AvgIpc) is 2.00. The molecule has 0 aliphatic rings. The average molecular weight is 274 g/mol. The fourth-order valence-electron chi connectivity index (χ4n) is 0.636. The summed E-state index contributed by atoms with van der Waals surface area (Å²) in [4.78, 5) is 0. The van der Waals surface area contributed by atoms with Gasteiger partial charge in [0.2, 0.25) is 0 Å². The molecule has 0 fully saturated rings. The van der Waals surface area contributed by atoms with Gasteiger partial charge < -0.3 is 0 Å². The molecule has 0 rings (SSSR count). The Balaban J connectivity index is 3.38. The van der Waals surface area contributed by atoms with Gasteiger partial charge in [-0.3, -0.25) is 0 Å². The molecule has 0 unspecified atom stereocenters. The summed E-state index contributed by atoms with van der Waals surface area (Å²) in [6, 6.07) is 0. The Labute approximate surface area is 77.3 Å². The molecule has 0 aliphatic carbocycles. The van der Waals surface area contributed by atoms with E-state index in [1.54, 1.807) is 0 Å². The number of halogens is 1. The van der Waals surface area contributed by atoms with Gasteiger partial charge in [-0.05, 0) is 0 Å². The van der Waals surface area contributed by atoms with Gasteiger partial charge >= 0.3 is 77.2 Å². The van der Waals surface area contributed by atoms with Gasteiger partial charge in [-0.1, -0.05) is 0 Å². The Bertz CT molecular complexity index is 90.7. The van der Waals surface area contributed by atoms with Crippen molar-refractivity contribution in [2.24, 2.45) is 3.95 Å². The van der Waals surface area contributed by atoms with Crippen LogP contribution in [0.5, 0.6) is 0 Å². The predicted molar refractivity (Wildman–Crippen MR) is 57.9 cm³/mol. The number of hydrogen-bond donors (Lipinski definition) is 3. The van der Waals surface area contributed by atoms with Crippen molar-refractivity contribution in [3.05, 3.63) is 0 Å². The zero-order valence-corrected chi connectivity index (χ0v) is 9.68. The molecule has 0 atom stereocenters. The minimum absolute atomic E-state index is 1.10. The van der Waals surface area contributed by atoms with Crippen molar-refractivity contribution in [3.8, 4) is 0 Å². The number of hydrogen-bond acceptors (Lipinski definition) is 4. The van der Waals surface area contributed by atoms with Crippen LogP contribution in [0.15, 0.2) is 0 Å². The van der Waals surface area contributed by atoms with Crippen LogP contribution in [0.25, 0.3) is 0 Å². The first-order chi connectivity index (χ1) is 5.22. The van der Waals surface area contributed by atoms with Crippen LogP contribution in [-0.4, -0.2) is 23.8 Å². The van der Waals surface area contributed by atoms with E-state index in [0.29, 0.717) is 0 Å². The Morgan fingerprint density at radius 1 is 1.55 bits per heavy atom. The van der Waals surface area contributed by atoms with E-state index in [0.717, 1.165) is 6.54 Å². The number of unbranched alkanes of at least 4 members (excludes halogenated alkanes) is 1. The Morgan fingerprint density at radius 2 is 2.18 bits per heavy atom. The van der Waals surface area contributed by atoms with Crippen molar-refractivity contribution in [2.75, 3.05) is 20.6 Å². The zero-order chi connectivity index (χ0) is 8.69. The summed E-state index contributed by atoms with van der Waals surface area (Å²) >= 11 is -1.52. The summed E-state index contributed by atoms with van der Waals surface area (Å²) in [6.07, 6.45) is 2.46. The van der Waals surface area contributed by atoms with Crippen molar-refractivity contribution in [2.45, 2.75) is 19.8 Å². The van der Waals surface area contributed by atoms with Crippen LogP contribution in [0.1, 0.15) is 19.8 Å². The van der Waals surface area contributed by atoms with E-state index in [2.05, 4.69) is 26.1 Å². The Morgan fingerprint density at radius 3 is 2.64 bits per heavy atom. The number of nitrogens with two attached hydrogens (primary N) is 1. The van der Waals surface area contributed by atoms with Crippen molar-refractivity contribution < 1.29 is 0 Å². The fraction of sp³-hybridized carbons (Fsp3) is 1.00. The molecule has 0 saturated carbocycles. The van der Waals surface area contributed by atoms with Crippen molar-refractivity contribution >= 4 is 20.6 Å². The summed E-state index contributed by atoms with van der Waals surface area (Å²) in [6.45, 7) is 3.29. The normalized spacial score (nSPS) is 12.3. The molecular weight excluding hydrogens is 255 g/mol. The molecule has 11 heavy (non-hydrogen) atoms. The zero-order valence-electron chi connectivity index (χ0n) is 7.52.